The number of rotatable bonds is 4. The lowest BCUT2D eigenvalue weighted by molar-refractivity contribution is -0.124. The van der Waals surface area contributed by atoms with Crippen LogP contribution in [0.3, 0.4) is 0 Å². The Kier molecular flexibility index (Phi) is 2.84. The molecular formula is C12H16O5S. The van der Waals surface area contributed by atoms with Crippen LogP contribution in [0.25, 0.3) is 0 Å². The smallest absolute Gasteiger partial charge is 0.297 e. The van der Waals surface area contributed by atoms with Gasteiger partial charge < -0.3 is 0 Å². The Morgan fingerprint density at radius 1 is 1.33 bits per heavy atom. The molecule has 0 aliphatic heterocycles. The van der Waals surface area contributed by atoms with Gasteiger partial charge in [-0.05, 0) is 31.1 Å². The van der Waals surface area contributed by atoms with Gasteiger partial charge in [0.15, 0.2) is 5.78 Å². The molecule has 0 saturated heterocycles. The molecule has 0 aromatic carbocycles. The second-order valence-electron chi connectivity index (χ2n) is 5.19. The zero-order chi connectivity index (χ0) is 12.9. The summed E-state index contributed by atoms with van der Waals surface area (Å²) in [6, 6.07) is 0. The Bertz CT molecular complexity index is 495. The molecule has 3 rings (SSSR count). The van der Waals surface area contributed by atoms with Gasteiger partial charge in [-0.3, -0.25) is 4.79 Å². The minimum Gasteiger partial charge on any atom is -0.297 e. The van der Waals surface area contributed by atoms with Gasteiger partial charge in [-0.1, -0.05) is 12.2 Å². The summed E-state index contributed by atoms with van der Waals surface area (Å²) in [5.41, 5.74) is 0. The van der Waals surface area contributed by atoms with Crippen molar-refractivity contribution in [2.24, 2.45) is 23.7 Å². The van der Waals surface area contributed by atoms with Gasteiger partial charge in [0.1, 0.15) is 6.10 Å². The van der Waals surface area contributed by atoms with E-state index in [1.165, 1.54) is 0 Å². The van der Waals surface area contributed by atoms with Crippen molar-refractivity contribution in [1.29, 1.82) is 0 Å². The van der Waals surface area contributed by atoms with E-state index in [1.54, 1.807) is 6.92 Å². The SMILES string of the molecule is CCOS(=O)(=O)O[C@H]1C(=O)C[C@H]2[C@@H]1[C@H]1C=C[C@@H]2C1. The van der Waals surface area contributed by atoms with Crippen LogP contribution in [0.5, 0.6) is 0 Å². The van der Waals surface area contributed by atoms with Crippen LogP contribution in [-0.2, 0) is 23.6 Å². The molecule has 18 heavy (non-hydrogen) atoms. The predicted octanol–water partition coefficient (Wildman–Crippen LogP) is 1.06. The normalized spacial score (nSPS) is 41.6. The second-order valence-corrected chi connectivity index (χ2v) is 6.44. The van der Waals surface area contributed by atoms with E-state index in [1.807, 2.05) is 0 Å². The van der Waals surface area contributed by atoms with E-state index in [2.05, 4.69) is 16.3 Å². The van der Waals surface area contributed by atoms with E-state index in [-0.39, 0.29) is 30.1 Å². The fourth-order valence-electron chi connectivity index (χ4n) is 3.68. The summed E-state index contributed by atoms with van der Waals surface area (Å²) < 4.78 is 32.6. The first-order valence-electron chi connectivity index (χ1n) is 6.30. The van der Waals surface area contributed by atoms with Gasteiger partial charge in [-0.2, -0.15) is 8.42 Å². The molecule has 5 atom stereocenters. The van der Waals surface area contributed by atoms with Gasteiger partial charge in [-0.15, -0.1) is 0 Å². The first kappa shape index (κ1) is 12.3. The van der Waals surface area contributed by atoms with E-state index >= 15 is 0 Å². The summed E-state index contributed by atoms with van der Waals surface area (Å²) in [5.74, 6) is 0.879. The molecule has 2 bridgehead atoms. The summed E-state index contributed by atoms with van der Waals surface area (Å²) >= 11 is 0. The minimum atomic E-state index is -4.05. The third kappa shape index (κ3) is 1.83. The molecule has 5 nitrogen and oxygen atoms in total. The number of carbonyl (C=O) groups is 1. The monoisotopic (exact) mass is 272 g/mol. The van der Waals surface area contributed by atoms with Crippen LogP contribution >= 0.6 is 0 Å². The van der Waals surface area contributed by atoms with Crippen LogP contribution in [0.1, 0.15) is 19.8 Å². The molecule has 0 radical (unpaired) electrons. The van der Waals surface area contributed by atoms with Crippen molar-refractivity contribution >= 4 is 16.2 Å². The van der Waals surface area contributed by atoms with Gasteiger partial charge in [0, 0.05) is 12.3 Å². The number of Topliss-reactive ketones (excluding diaryl/α,β-unsaturated/α-hetero) is 1. The van der Waals surface area contributed by atoms with Gasteiger partial charge >= 0.3 is 10.4 Å². The van der Waals surface area contributed by atoms with Crippen molar-refractivity contribution in [3.8, 4) is 0 Å². The molecule has 0 aromatic rings. The van der Waals surface area contributed by atoms with E-state index < -0.39 is 16.5 Å². The largest absolute Gasteiger partial charge is 0.400 e. The molecule has 0 aromatic heterocycles. The zero-order valence-electron chi connectivity index (χ0n) is 10.1. The Balaban J connectivity index is 1.80. The number of fused-ring (bicyclic) bond motifs is 5. The van der Waals surface area contributed by atoms with Gasteiger partial charge in [-0.25, -0.2) is 8.37 Å². The van der Waals surface area contributed by atoms with Gasteiger partial charge in [0.25, 0.3) is 0 Å². The molecule has 3 aliphatic rings. The highest BCUT2D eigenvalue weighted by Crippen LogP contribution is 2.55. The predicted molar refractivity (Wildman–Crippen MR) is 62.8 cm³/mol. The minimum absolute atomic E-state index is 0.0164. The molecule has 0 amide bonds. The molecule has 3 aliphatic carbocycles. The molecule has 6 heteroatoms. The van der Waals surface area contributed by atoms with Crippen LogP contribution in [0.4, 0.5) is 0 Å². The highest BCUT2D eigenvalue weighted by molar-refractivity contribution is 7.81. The summed E-state index contributed by atoms with van der Waals surface area (Å²) in [4.78, 5) is 11.9. The van der Waals surface area contributed by atoms with Crippen LogP contribution in [0, 0.1) is 23.7 Å². The van der Waals surface area contributed by atoms with Crippen molar-refractivity contribution < 1.29 is 21.6 Å². The Labute approximate surface area is 106 Å². The number of hydrogen-bond donors (Lipinski definition) is 0. The van der Waals surface area contributed by atoms with Gasteiger partial charge in [0.2, 0.25) is 0 Å². The summed E-state index contributed by atoms with van der Waals surface area (Å²) in [7, 11) is -4.05. The van der Waals surface area contributed by atoms with Crippen LogP contribution in [0.15, 0.2) is 12.2 Å². The quantitative estimate of drug-likeness (QED) is 0.716. The number of carbonyl (C=O) groups excluding carboxylic acids is 1. The van der Waals surface area contributed by atoms with Crippen molar-refractivity contribution in [1.82, 2.24) is 0 Å². The van der Waals surface area contributed by atoms with E-state index in [4.69, 9.17) is 4.18 Å². The molecule has 0 N–H and O–H groups in total. The molecule has 100 valence electrons. The van der Waals surface area contributed by atoms with E-state index in [0.717, 1.165) is 6.42 Å². The molecule has 2 fully saturated rings. The maximum absolute atomic E-state index is 11.9. The fraction of sp³-hybridized carbons (Fsp3) is 0.750. The fourth-order valence-corrected chi connectivity index (χ4v) is 4.51. The lowest BCUT2D eigenvalue weighted by Crippen LogP contribution is -2.32. The lowest BCUT2D eigenvalue weighted by Gasteiger charge is -2.23. The third-order valence-corrected chi connectivity index (χ3v) is 5.24. The van der Waals surface area contributed by atoms with Crippen molar-refractivity contribution in [3.05, 3.63) is 12.2 Å². The van der Waals surface area contributed by atoms with Crippen molar-refractivity contribution in [2.75, 3.05) is 6.61 Å². The van der Waals surface area contributed by atoms with Crippen LogP contribution in [0.2, 0.25) is 0 Å². The Morgan fingerprint density at radius 2 is 2.06 bits per heavy atom. The lowest BCUT2D eigenvalue weighted by atomic mass is 9.85. The highest BCUT2D eigenvalue weighted by Gasteiger charge is 2.56. The number of hydrogen-bond acceptors (Lipinski definition) is 5. The molecule has 0 unspecified atom stereocenters. The maximum atomic E-state index is 11.9. The summed E-state index contributed by atoms with van der Waals surface area (Å²) in [6.07, 6.45) is 4.86. The van der Waals surface area contributed by atoms with E-state index in [0.29, 0.717) is 12.3 Å². The Morgan fingerprint density at radius 3 is 2.78 bits per heavy atom. The zero-order valence-corrected chi connectivity index (χ0v) is 10.9. The van der Waals surface area contributed by atoms with Crippen LogP contribution < -0.4 is 0 Å². The maximum Gasteiger partial charge on any atom is 0.400 e. The highest BCUT2D eigenvalue weighted by atomic mass is 32.3. The number of ketones is 1. The van der Waals surface area contributed by atoms with Crippen LogP contribution in [-0.4, -0.2) is 26.9 Å². The topological polar surface area (TPSA) is 69.7 Å². The summed E-state index contributed by atoms with van der Waals surface area (Å²) in [5, 5.41) is 0. The molecule has 0 heterocycles. The molecule has 0 spiro atoms. The number of allylic oxidation sites excluding steroid dienone is 2. The second kappa shape index (κ2) is 4.15. The third-order valence-electron chi connectivity index (χ3n) is 4.28. The Hall–Kier alpha value is -0.720. The van der Waals surface area contributed by atoms with Crippen molar-refractivity contribution in [2.45, 2.75) is 25.9 Å². The average molecular weight is 272 g/mol. The first-order chi connectivity index (χ1) is 8.52. The van der Waals surface area contributed by atoms with Crippen molar-refractivity contribution in [3.63, 3.8) is 0 Å². The average Bonchev–Trinajstić information content (AvgIpc) is 2.92. The molecule has 2 saturated carbocycles. The van der Waals surface area contributed by atoms with E-state index in [9.17, 15) is 13.2 Å². The first-order valence-corrected chi connectivity index (χ1v) is 7.64. The standard InChI is InChI=1S/C12H16O5S/c1-2-16-18(14,15)17-12-10(13)6-9-7-3-4-8(5-7)11(9)12/h3-4,7-9,11-12H,2,5-6H2,1H3/t7-,8+,9-,11+,12+/m1/s1. The molecular weight excluding hydrogens is 256 g/mol. The summed E-state index contributed by atoms with van der Waals surface area (Å²) in [6.45, 7) is 1.59. The van der Waals surface area contributed by atoms with Gasteiger partial charge in [0.05, 0.1) is 6.61 Å².